The van der Waals surface area contributed by atoms with Crippen molar-refractivity contribution in [3.63, 3.8) is 0 Å². The van der Waals surface area contributed by atoms with E-state index in [2.05, 4.69) is 0 Å². The summed E-state index contributed by atoms with van der Waals surface area (Å²) in [5.74, 6) is 0.710. The van der Waals surface area contributed by atoms with Gasteiger partial charge in [-0.15, -0.1) is 0 Å². The predicted octanol–water partition coefficient (Wildman–Crippen LogP) is 2.89. The van der Waals surface area contributed by atoms with Gasteiger partial charge in [-0.25, -0.2) is 0 Å². The highest BCUT2D eigenvalue weighted by Crippen LogP contribution is 2.22. The molecule has 2 aromatic rings. The molecule has 0 saturated heterocycles. The zero-order valence-corrected chi connectivity index (χ0v) is 13.9. The lowest BCUT2D eigenvalue weighted by Gasteiger charge is -2.26. The Bertz CT molecular complexity index is 606. The lowest BCUT2D eigenvalue weighted by molar-refractivity contribution is 0.111. The highest BCUT2D eigenvalue weighted by molar-refractivity contribution is 6.30. The molecule has 23 heavy (non-hydrogen) atoms. The normalized spacial score (nSPS) is 12.0. The van der Waals surface area contributed by atoms with Gasteiger partial charge in [0.2, 0.25) is 0 Å². The van der Waals surface area contributed by atoms with Crippen LogP contribution in [0.25, 0.3) is 0 Å². The third-order valence-corrected chi connectivity index (χ3v) is 3.73. The van der Waals surface area contributed by atoms with Crippen molar-refractivity contribution in [3.05, 3.63) is 59.1 Å². The summed E-state index contributed by atoms with van der Waals surface area (Å²) in [6.07, 6.45) is -0.670. The Morgan fingerprint density at radius 2 is 1.91 bits per heavy atom. The Hall–Kier alpha value is -1.75. The highest BCUT2D eigenvalue weighted by Gasteiger charge is 2.13. The molecule has 1 unspecified atom stereocenters. The molecule has 124 valence electrons. The van der Waals surface area contributed by atoms with Gasteiger partial charge in [0.15, 0.2) is 0 Å². The smallest absolute Gasteiger partial charge is 0.122 e. The first kappa shape index (κ1) is 17.6. The molecule has 0 radical (unpaired) electrons. The summed E-state index contributed by atoms with van der Waals surface area (Å²) in [4.78, 5) is 1.93. The van der Waals surface area contributed by atoms with Gasteiger partial charge in [0.25, 0.3) is 0 Å². The van der Waals surface area contributed by atoms with Crippen LogP contribution in [0.15, 0.2) is 48.5 Å². The van der Waals surface area contributed by atoms with E-state index in [0.29, 0.717) is 23.9 Å². The predicted molar refractivity (Wildman–Crippen MR) is 93.4 cm³/mol. The minimum absolute atomic E-state index is 0.0266. The van der Waals surface area contributed by atoms with Crippen LogP contribution >= 0.6 is 11.6 Å². The van der Waals surface area contributed by atoms with Crippen LogP contribution in [-0.4, -0.2) is 42.6 Å². The minimum atomic E-state index is -0.670. The fourth-order valence-corrected chi connectivity index (χ4v) is 2.58. The largest absolute Gasteiger partial charge is 0.491 e. The van der Waals surface area contributed by atoms with Crippen molar-refractivity contribution in [2.24, 2.45) is 0 Å². The number of ether oxygens (including phenoxy) is 1. The van der Waals surface area contributed by atoms with E-state index in [9.17, 15) is 10.2 Å². The second kappa shape index (κ2) is 8.77. The summed E-state index contributed by atoms with van der Waals surface area (Å²) in [5, 5.41) is 20.1. The molecule has 0 spiro atoms. The Morgan fingerprint density at radius 3 is 2.57 bits per heavy atom. The first-order valence-corrected chi connectivity index (χ1v) is 7.96. The Morgan fingerprint density at radius 1 is 1.17 bits per heavy atom. The molecule has 0 amide bonds. The molecule has 0 aliphatic heterocycles. The van der Waals surface area contributed by atoms with Crippen molar-refractivity contribution in [2.45, 2.75) is 13.0 Å². The quantitative estimate of drug-likeness (QED) is 0.779. The van der Waals surface area contributed by atoms with E-state index >= 15 is 0 Å². The van der Waals surface area contributed by atoms with Crippen molar-refractivity contribution in [1.29, 1.82) is 0 Å². The summed E-state index contributed by atoms with van der Waals surface area (Å²) < 4.78 is 5.67. The number of nitrogens with zero attached hydrogens (tertiary/aromatic N) is 1. The number of aliphatic hydroxyl groups excluding tert-OH is 2. The van der Waals surface area contributed by atoms with Gasteiger partial charge < -0.3 is 19.8 Å². The summed E-state index contributed by atoms with van der Waals surface area (Å²) in [6.45, 7) is 2.96. The van der Waals surface area contributed by atoms with Gasteiger partial charge in [-0.05, 0) is 42.8 Å². The van der Waals surface area contributed by atoms with Crippen LogP contribution in [0.5, 0.6) is 5.75 Å². The molecule has 4 nitrogen and oxygen atoms in total. The fourth-order valence-electron chi connectivity index (χ4n) is 2.35. The van der Waals surface area contributed by atoms with Crippen molar-refractivity contribution in [1.82, 2.24) is 0 Å². The number of benzene rings is 2. The number of hydrogen-bond donors (Lipinski definition) is 2. The first-order valence-electron chi connectivity index (χ1n) is 7.58. The molecule has 0 fully saturated rings. The molecule has 0 heterocycles. The Kier molecular flexibility index (Phi) is 6.71. The lowest BCUT2D eigenvalue weighted by atomic mass is 10.2. The Labute approximate surface area is 141 Å². The molecule has 2 N–H and O–H groups in total. The average molecular weight is 336 g/mol. The zero-order valence-electron chi connectivity index (χ0n) is 13.2. The number of aryl methyl sites for hydroxylation is 1. The average Bonchev–Trinajstić information content (AvgIpc) is 2.54. The Balaban J connectivity index is 1.92. The van der Waals surface area contributed by atoms with E-state index in [4.69, 9.17) is 16.3 Å². The third-order valence-electron chi connectivity index (χ3n) is 3.49. The van der Waals surface area contributed by atoms with Crippen molar-refractivity contribution < 1.29 is 14.9 Å². The van der Waals surface area contributed by atoms with Gasteiger partial charge in [0.1, 0.15) is 18.5 Å². The van der Waals surface area contributed by atoms with E-state index in [1.165, 1.54) is 0 Å². The minimum Gasteiger partial charge on any atom is -0.491 e. The fraction of sp³-hybridized carbons (Fsp3) is 0.333. The molecule has 2 aromatic carbocycles. The molecule has 0 saturated carbocycles. The van der Waals surface area contributed by atoms with Gasteiger partial charge in [-0.1, -0.05) is 29.8 Å². The van der Waals surface area contributed by atoms with Crippen LogP contribution in [0.3, 0.4) is 0 Å². The molecule has 0 aliphatic rings. The highest BCUT2D eigenvalue weighted by atomic mass is 35.5. The van der Waals surface area contributed by atoms with E-state index in [1.807, 2.05) is 48.2 Å². The van der Waals surface area contributed by atoms with E-state index in [1.54, 1.807) is 12.1 Å². The topological polar surface area (TPSA) is 52.9 Å². The number of anilines is 1. The maximum Gasteiger partial charge on any atom is 0.122 e. The summed E-state index contributed by atoms with van der Waals surface area (Å²) in [7, 11) is 0. The van der Waals surface area contributed by atoms with Gasteiger partial charge >= 0.3 is 0 Å². The van der Waals surface area contributed by atoms with Crippen LogP contribution in [0, 0.1) is 6.92 Å². The number of aliphatic hydroxyl groups is 2. The van der Waals surface area contributed by atoms with Crippen LogP contribution in [0.2, 0.25) is 5.02 Å². The van der Waals surface area contributed by atoms with Crippen LogP contribution in [-0.2, 0) is 0 Å². The van der Waals surface area contributed by atoms with E-state index < -0.39 is 6.10 Å². The van der Waals surface area contributed by atoms with Crippen LogP contribution in [0.4, 0.5) is 5.69 Å². The standard InChI is InChI=1S/C18H22ClNO3/c1-14-11-15(19)7-8-18(14)23-13-17(22)12-20(9-10-21)16-5-3-2-4-6-16/h2-8,11,17,21-22H,9-10,12-13H2,1H3. The molecule has 0 aromatic heterocycles. The third kappa shape index (κ3) is 5.43. The van der Waals surface area contributed by atoms with Crippen LogP contribution < -0.4 is 9.64 Å². The lowest BCUT2D eigenvalue weighted by Crippen LogP contribution is -2.37. The maximum atomic E-state index is 10.2. The summed E-state index contributed by atoms with van der Waals surface area (Å²) >= 11 is 5.92. The number of hydrogen-bond acceptors (Lipinski definition) is 4. The van der Waals surface area contributed by atoms with Crippen LogP contribution in [0.1, 0.15) is 5.56 Å². The first-order chi connectivity index (χ1) is 11.1. The maximum absolute atomic E-state index is 10.2. The number of halogens is 1. The second-order valence-electron chi connectivity index (χ2n) is 5.38. The SMILES string of the molecule is Cc1cc(Cl)ccc1OCC(O)CN(CCO)c1ccccc1. The van der Waals surface area contributed by atoms with Gasteiger partial charge in [0.05, 0.1) is 6.61 Å². The molecular formula is C18H22ClNO3. The van der Waals surface area contributed by atoms with E-state index in [0.717, 1.165) is 11.3 Å². The van der Waals surface area contributed by atoms with Crippen molar-refractivity contribution in [3.8, 4) is 5.75 Å². The molecular weight excluding hydrogens is 314 g/mol. The molecule has 5 heteroatoms. The van der Waals surface area contributed by atoms with Gasteiger partial charge in [-0.3, -0.25) is 0 Å². The summed E-state index contributed by atoms with van der Waals surface area (Å²) in [6, 6.07) is 15.1. The summed E-state index contributed by atoms with van der Waals surface area (Å²) in [5.41, 5.74) is 1.89. The molecule has 1 atom stereocenters. The second-order valence-corrected chi connectivity index (χ2v) is 5.82. The van der Waals surface area contributed by atoms with Crippen molar-refractivity contribution in [2.75, 3.05) is 31.2 Å². The number of rotatable bonds is 8. The van der Waals surface area contributed by atoms with Gasteiger partial charge in [0, 0.05) is 23.8 Å². The van der Waals surface area contributed by atoms with Crippen molar-refractivity contribution >= 4 is 17.3 Å². The van der Waals surface area contributed by atoms with E-state index in [-0.39, 0.29) is 13.2 Å². The zero-order chi connectivity index (χ0) is 16.7. The monoisotopic (exact) mass is 335 g/mol. The number of para-hydroxylation sites is 1. The van der Waals surface area contributed by atoms with Gasteiger partial charge in [-0.2, -0.15) is 0 Å². The molecule has 0 bridgehead atoms. The molecule has 0 aliphatic carbocycles. The molecule has 2 rings (SSSR count).